The second-order valence-electron chi connectivity index (χ2n) is 7.29. The monoisotopic (exact) mass is 450 g/mol. The van der Waals surface area contributed by atoms with Crippen molar-refractivity contribution < 1.29 is 14.0 Å². The molecule has 2 amide bonds. The van der Waals surface area contributed by atoms with E-state index in [1.807, 2.05) is 29.6 Å². The van der Waals surface area contributed by atoms with Gasteiger partial charge in [0.1, 0.15) is 6.54 Å². The Balaban J connectivity index is 1.36. The van der Waals surface area contributed by atoms with Crippen LogP contribution in [0.3, 0.4) is 0 Å². The van der Waals surface area contributed by atoms with Crippen LogP contribution in [-0.2, 0) is 22.6 Å². The third kappa shape index (κ3) is 5.12. The molecule has 8 nitrogen and oxygen atoms in total. The van der Waals surface area contributed by atoms with Gasteiger partial charge in [-0.15, -0.1) is 11.3 Å². The molecule has 2 aromatic heterocycles. The molecule has 164 valence electrons. The summed E-state index contributed by atoms with van der Waals surface area (Å²) in [5, 5.41) is 7.88. The van der Waals surface area contributed by atoms with E-state index < -0.39 is 5.76 Å². The number of nitrogens with one attached hydrogen (secondary N) is 2. The maximum Gasteiger partial charge on any atom is 0.420 e. The summed E-state index contributed by atoms with van der Waals surface area (Å²) < 4.78 is 6.45. The zero-order valence-corrected chi connectivity index (χ0v) is 18.3. The number of hydrogen-bond donors (Lipinski definition) is 2. The van der Waals surface area contributed by atoms with Crippen molar-refractivity contribution in [1.29, 1.82) is 0 Å². The van der Waals surface area contributed by atoms with E-state index >= 15 is 0 Å². The van der Waals surface area contributed by atoms with Gasteiger partial charge in [0, 0.05) is 24.4 Å². The highest BCUT2D eigenvalue weighted by molar-refractivity contribution is 7.14. The minimum Gasteiger partial charge on any atom is -0.408 e. The molecule has 2 N–H and O–H groups in total. The first-order valence-electron chi connectivity index (χ1n) is 10.2. The van der Waals surface area contributed by atoms with Crippen LogP contribution >= 0.6 is 11.3 Å². The average molecular weight is 451 g/mol. The predicted molar refractivity (Wildman–Crippen MR) is 124 cm³/mol. The first-order valence-corrected chi connectivity index (χ1v) is 11.0. The largest absolute Gasteiger partial charge is 0.420 e. The molecule has 4 aromatic rings. The summed E-state index contributed by atoms with van der Waals surface area (Å²) in [6.45, 7) is 2.02. The lowest BCUT2D eigenvalue weighted by Crippen LogP contribution is -2.24. The molecule has 0 aliphatic rings. The number of rotatable bonds is 8. The van der Waals surface area contributed by atoms with Crippen molar-refractivity contribution in [2.45, 2.75) is 26.3 Å². The molecule has 32 heavy (non-hydrogen) atoms. The molecule has 2 heterocycles. The van der Waals surface area contributed by atoms with Crippen LogP contribution in [0.15, 0.2) is 63.1 Å². The second-order valence-corrected chi connectivity index (χ2v) is 8.15. The van der Waals surface area contributed by atoms with Crippen molar-refractivity contribution in [2.75, 3.05) is 11.9 Å². The zero-order valence-electron chi connectivity index (χ0n) is 17.5. The lowest BCUT2D eigenvalue weighted by Gasteiger charge is -2.04. The van der Waals surface area contributed by atoms with Gasteiger partial charge < -0.3 is 15.1 Å². The number of nitrogens with zero attached hydrogens (tertiary/aromatic N) is 2. The molecule has 0 fully saturated rings. The fourth-order valence-corrected chi connectivity index (χ4v) is 4.06. The number of carbonyl (C=O) groups is 2. The molecule has 0 aliphatic heterocycles. The SMILES string of the molecule is CC(=O)NCCCc1ccc(-c2csc(NC(=O)Cn3c(=O)oc4ccccc43)n2)cc1. The van der Waals surface area contributed by atoms with E-state index in [1.165, 1.54) is 28.4 Å². The summed E-state index contributed by atoms with van der Waals surface area (Å²) in [5.74, 6) is -0.940. The normalized spacial score (nSPS) is 10.9. The summed E-state index contributed by atoms with van der Waals surface area (Å²) >= 11 is 1.32. The Hall–Kier alpha value is -3.72. The molecule has 9 heteroatoms. The Labute approximate surface area is 187 Å². The van der Waals surface area contributed by atoms with Crippen molar-refractivity contribution >= 4 is 39.4 Å². The van der Waals surface area contributed by atoms with Crippen LogP contribution in [0.25, 0.3) is 22.4 Å². The highest BCUT2D eigenvalue weighted by atomic mass is 32.1. The highest BCUT2D eigenvalue weighted by Crippen LogP contribution is 2.25. The average Bonchev–Trinajstić information content (AvgIpc) is 3.36. The van der Waals surface area contributed by atoms with Gasteiger partial charge in [0.05, 0.1) is 11.2 Å². The highest BCUT2D eigenvalue weighted by Gasteiger charge is 2.14. The molecule has 4 rings (SSSR count). The van der Waals surface area contributed by atoms with E-state index in [-0.39, 0.29) is 18.4 Å². The second kappa shape index (κ2) is 9.61. The van der Waals surface area contributed by atoms with E-state index in [4.69, 9.17) is 4.42 Å². The Kier molecular flexibility index (Phi) is 6.46. The Morgan fingerprint density at radius 1 is 1.12 bits per heavy atom. The molecule has 0 aliphatic carbocycles. The number of thiazole rings is 1. The van der Waals surface area contributed by atoms with Crippen molar-refractivity contribution in [2.24, 2.45) is 0 Å². The van der Waals surface area contributed by atoms with Gasteiger partial charge in [-0.05, 0) is 30.5 Å². The number of fused-ring (bicyclic) bond motifs is 1. The molecule has 0 bridgehead atoms. The first-order chi connectivity index (χ1) is 15.5. The van der Waals surface area contributed by atoms with Gasteiger partial charge in [-0.2, -0.15) is 0 Å². The van der Waals surface area contributed by atoms with Crippen molar-refractivity contribution in [3.63, 3.8) is 0 Å². The molecule has 0 saturated carbocycles. The van der Waals surface area contributed by atoms with E-state index in [0.717, 1.165) is 24.1 Å². The van der Waals surface area contributed by atoms with Crippen LogP contribution in [-0.4, -0.2) is 27.9 Å². The van der Waals surface area contributed by atoms with Gasteiger partial charge in [-0.1, -0.05) is 36.4 Å². The number of hydrogen-bond acceptors (Lipinski definition) is 6. The number of aryl methyl sites for hydroxylation is 1. The smallest absolute Gasteiger partial charge is 0.408 e. The third-order valence-electron chi connectivity index (χ3n) is 4.89. The van der Waals surface area contributed by atoms with E-state index in [1.54, 1.807) is 24.3 Å². The fraction of sp³-hybridized carbons (Fsp3) is 0.217. The quantitative estimate of drug-likeness (QED) is 0.400. The minimum absolute atomic E-state index is 0.0167. The van der Waals surface area contributed by atoms with Gasteiger partial charge in [-0.25, -0.2) is 9.78 Å². The van der Waals surface area contributed by atoms with E-state index in [0.29, 0.717) is 22.8 Å². The van der Waals surface area contributed by atoms with Crippen molar-refractivity contribution in [3.05, 3.63) is 70.0 Å². The van der Waals surface area contributed by atoms with Crippen LogP contribution in [0, 0.1) is 0 Å². The molecule has 0 saturated heterocycles. The van der Waals surface area contributed by atoms with Crippen LogP contribution in [0.1, 0.15) is 18.9 Å². The minimum atomic E-state index is -0.571. The fourth-order valence-electron chi connectivity index (χ4n) is 3.33. The van der Waals surface area contributed by atoms with Gasteiger partial charge in [0.2, 0.25) is 11.8 Å². The number of amides is 2. The van der Waals surface area contributed by atoms with E-state index in [2.05, 4.69) is 15.6 Å². The van der Waals surface area contributed by atoms with Gasteiger partial charge in [-0.3, -0.25) is 14.2 Å². The first kappa shape index (κ1) is 21.5. The zero-order chi connectivity index (χ0) is 22.5. The summed E-state index contributed by atoms with van der Waals surface area (Å²) in [7, 11) is 0. The summed E-state index contributed by atoms with van der Waals surface area (Å²) in [6.07, 6.45) is 1.75. The maximum atomic E-state index is 12.5. The van der Waals surface area contributed by atoms with Crippen molar-refractivity contribution in [1.82, 2.24) is 14.9 Å². The summed E-state index contributed by atoms with van der Waals surface area (Å²) in [6, 6.07) is 15.0. The Bertz CT molecular complexity index is 1300. The van der Waals surface area contributed by atoms with E-state index in [9.17, 15) is 14.4 Å². The summed E-state index contributed by atoms with van der Waals surface area (Å²) in [5.41, 5.74) is 3.91. The van der Waals surface area contributed by atoms with Crippen LogP contribution in [0.5, 0.6) is 0 Å². The van der Waals surface area contributed by atoms with Crippen LogP contribution < -0.4 is 16.4 Å². The van der Waals surface area contributed by atoms with Crippen LogP contribution in [0.4, 0.5) is 5.13 Å². The number of anilines is 1. The lowest BCUT2D eigenvalue weighted by molar-refractivity contribution is -0.119. The molecule has 2 aromatic carbocycles. The number of para-hydroxylation sites is 2. The Morgan fingerprint density at radius 3 is 2.69 bits per heavy atom. The van der Waals surface area contributed by atoms with Gasteiger partial charge in [0.15, 0.2) is 10.7 Å². The number of aromatic nitrogens is 2. The molecule has 0 unspecified atom stereocenters. The molecule has 0 atom stereocenters. The Morgan fingerprint density at radius 2 is 1.91 bits per heavy atom. The molecular formula is C23H22N4O4S. The maximum absolute atomic E-state index is 12.5. The third-order valence-corrected chi connectivity index (χ3v) is 5.65. The predicted octanol–water partition coefficient (Wildman–Crippen LogP) is 3.43. The number of oxazole rings is 1. The standard InChI is InChI=1S/C23H22N4O4S/c1-15(28)24-12-4-5-16-8-10-17(11-9-16)18-14-32-22(25-18)26-21(29)13-27-19-6-2-3-7-20(19)31-23(27)30/h2-3,6-11,14H,4-5,12-13H2,1H3,(H,24,28)(H,25,26,29). The number of benzene rings is 2. The molecule has 0 spiro atoms. The van der Waals surface area contributed by atoms with Crippen molar-refractivity contribution in [3.8, 4) is 11.3 Å². The van der Waals surface area contributed by atoms with Gasteiger partial charge >= 0.3 is 5.76 Å². The van der Waals surface area contributed by atoms with Gasteiger partial charge in [0.25, 0.3) is 0 Å². The molecule has 0 radical (unpaired) electrons. The topological polar surface area (TPSA) is 106 Å². The number of carbonyl (C=O) groups excluding carboxylic acids is 2. The van der Waals surface area contributed by atoms with Crippen LogP contribution in [0.2, 0.25) is 0 Å². The summed E-state index contributed by atoms with van der Waals surface area (Å²) in [4.78, 5) is 39.9. The molecular weight excluding hydrogens is 428 g/mol. The lowest BCUT2D eigenvalue weighted by atomic mass is 10.1.